The number of para-hydroxylation sites is 1. The fourth-order valence-corrected chi connectivity index (χ4v) is 4.23. The maximum Gasteiger partial charge on any atom is 0.424 e. The zero-order valence-electron chi connectivity index (χ0n) is 15.6. The van der Waals surface area contributed by atoms with E-state index in [4.69, 9.17) is 4.74 Å². The van der Waals surface area contributed by atoms with Crippen LogP contribution in [0.25, 0.3) is 10.2 Å². The molecule has 2 heterocycles. The van der Waals surface area contributed by atoms with Crippen LogP contribution in [0.1, 0.15) is 37.1 Å². The van der Waals surface area contributed by atoms with Gasteiger partial charge >= 0.3 is 12.1 Å². The van der Waals surface area contributed by atoms with Gasteiger partial charge in [0.05, 0.1) is 16.6 Å². The van der Waals surface area contributed by atoms with Crippen molar-refractivity contribution in [2.24, 2.45) is 0 Å². The zero-order chi connectivity index (χ0) is 21.1. The molecule has 29 heavy (non-hydrogen) atoms. The molecule has 158 valence electrons. The van der Waals surface area contributed by atoms with E-state index in [-0.39, 0.29) is 0 Å². The Morgan fingerprint density at radius 2 is 1.79 bits per heavy atom. The number of hydrogen-bond acceptors (Lipinski definition) is 6. The normalized spacial score (nSPS) is 17.6. The van der Waals surface area contributed by atoms with E-state index >= 15 is 0 Å². The summed E-state index contributed by atoms with van der Waals surface area (Å²) in [5, 5.41) is 9.73. The minimum absolute atomic E-state index is 0.292. The molecule has 0 aliphatic carbocycles. The maximum atomic E-state index is 13.6. The average Bonchev–Trinajstić information content (AvgIpc) is 2.92. The number of nitrogens with zero attached hydrogens (tertiary/aromatic N) is 2. The number of carbonyl (C=O) groups excluding carboxylic acids is 2. The fourth-order valence-electron chi connectivity index (χ4n) is 3.16. The molecule has 1 unspecified atom stereocenters. The van der Waals surface area contributed by atoms with Gasteiger partial charge in [0.1, 0.15) is 5.01 Å². The van der Waals surface area contributed by atoms with Crippen LogP contribution in [0.15, 0.2) is 24.3 Å². The molecule has 1 aliphatic rings. The molecule has 1 amide bonds. The second-order valence-corrected chi connectivity index (χ2v) is 8.01. The van der Waals surface area contributed by atoms with E-state index in [9.17, 15) is 27.9 Å². The van der Waals surface area contributed by atoms with E-state index in [0.29, 0.717) is 34.6 Å². The summed E-state index contributed by atoms with van der Waals surface area (Å²) in [6, 6.07) is 6.34. The first kappa shape index (κ1) is 21.5. The SMILES string of the molecule is O=C(CC(O)(c1nc2ccccc2s1)C(F)(F)F)OCC(=O)N1CCCCCC1. The van der Waals surface area contributed by atoms with Crippen molar-refractivity contribution in [3.8, 4) is 0 Å². The molecule has 10 heteroatoms. The number of amides is 1. The van der Waals surface area contributed by atoms with Crippen molar-refractivity contribution in [1.29, 1.82) is 0 Å². The highest BCUT2D eigenvalue weighted by molar-refractivity contribution is 7.18. The first-order valence-electron chi connectivity index (χ1n) is 9.29. The van der Waals surface area contributed by atoms with Gasteiger partial charge in [0.25, 0.3) is 5.91 Å². The Balaban J connectivity index is 1.69. The fraction of sp³-hybridized carbons (Fsp3) is 0.526. The van der Waals surface area contributed by atoms with Crippen LogP contribution in [0.4, 0.5) is 13.2 Å². The predicted molar refractivity (Wildman–Crippen MR) is 100 cm³/mol. The van der Waals surface area contributed by atoms with E-state index in [2.05, 4.69) is 4.98 Å². The molecule has 0 bridgehead atoms. The largest absolute Gasteiger partial charge is 0.455 e. The lowest BCUT2D eigenvalue weighted by atomic mass is 10.00. The highest BCUT2D eigenvalue weighted by Gasteiger charge is 2.58. The van der Waals surface area contributed by atoms with Crippen molar-refractivity contribution in [3.05, 3.63) is 29.3 Å². The highest BCUT2D eigenvalue weighted by Crippen LogP contribution is 2.44. The summed E-state index contributed by atoms with van der Waals surface area (Å²) in [7, 11) is 0. The van der Waals surface area contributed by atoms with Gasteiger partial charge in [-0.2, -0.15) is 13.2 Å². The lowest BCUT2D eigenvalue weighted by Crippen LogP contribution is -2.44. The monoisotopic (exact) mass is 430 g/mol. The van der Waals surface area contributed by atoms with Gasteiger partial charge in [0, 0.05) is 13.1 Å². The summed E-state index contributed by atoms with van der Waals surface area (Å²) in [6.45, 7) is 0.426. The van der Waals surface area contributed by atoms with E-state index < -0.39 is 41.7 Å². The van der Waals surface area contributed by atoms with Gasteiger partial charge in [-0.05, 0) is 25.0 Å². The molecule has 0 saturated carbocycles. The second-order valence-electron chi connectivity index (χ2n) is 6.98. The van der Waals surface area contributed by atoms with Crippen molar-refractivity contribution < 1.29 is 32.6 Å². The molecule has 6 nitrogen and oxygen atoms in total. The quantitative estimate of drug-likeness (QED) is 0.736. The molecule has 2 aromatic rings. The maximum absolute atomic E-state index is 13.6. The number of ether oxygens (including phenoxy) is 1. The number of esters is 1. The lowest BCUT2D eigenvalue weighted by molar-refractivity contribution is -0.269. The molecule has 1 aliphatic heterocycles. The third-order valence-corrected chi connectivity index (χ3v) is 6.02. The van der Waals surface area contributed by atoms with Crippen molar-refractivity contribution >= 4 is 33.4 Å². The van der Waals surface area contributed by atoms with Gasteiger partial charge in [-0.1, -0.05) is 25.0 Å². The number of thiazole rings is 1. The van der Waals surface area contributed by atoms with Gasteiger partial charge in [0.2, 0.25) is 5.60 Å². The van der Waals surface area contributed by atoms with Gasteiger partial charge < -0.3 is 14.7 Å². The first-order valence-corrected chi connectivity index (χ1v) is 10.1. The Kier molecular flexibility index (Phi) is 6.42. The van der Waals surface area contributed by atoms with Crippen LogP contribution >= 0.6 is 11.3 Å². The van der Waals surface area contributed by atoms with Crippen molar-refractivity contribution in [3.63, 3.8) is 0 Å². The van der Waals surface area contributed by atoms with E-state index in [1.165, 1.54) is 6.07 Å². The molecule has 1 aromatic heterocycles. The van der Waals surface area contributed by atoms with Crippen LogP contribution in [0, 0.1) is 0 Å². The van der Waals surface area contributed by atoms with Crippen LogP contribution < -0.4 is 0 Å². The molecule has 1 atom stereocenters. The molecular weight excluding hydrogens is 409 g/mol. The van der Waals surface area contributed by atoms with Gasteiger partial charge in [0.15, 0.2) is 6.61 Å². The summed E-state index contributed by atoms with van der Waals surface area (Å²) in [5.41, 5.74) is -3.20. The number of likely N-dealkylation sites (tertiary alicyclic amines) is 1. The van der Waals surface area contributed by atoms with Crippen molar-refractivity contribution in [2.45, 2.75) is 43.9 Å². The molecule has 1 saturated heterocycles. The minimum Gasteiger partial charge on any atom is -0.455 e. The second kappa shape index (κ2) is 8.66. The van der Waals surface area contributed by atoms with Crippen LogP contribution in [0.3, 0.4) is 0 Å². The number of rotatable bonds is 5. The molecule has 1 fully saturated rings. The third-order valence-electron chi connectivity index (χ3n) is 4.83. The van der Waals surface area contributed by atoms with E-state index in [1.54, 1.807) is 23.1 Å². The number of aliphatic hydroxyl groups is 1. The van der Waals surface area contributed by atoms with E-state index in [0.717, 1.165) is 25.7 Å². The number of aromatic nitrogens is 1. The standard InChI is InChI=1S/C19H21F3N2O4S/c20-19(21,22)18(27,17-23-13-7-3-4-8-14(13)29-17)11-16(26)28-12-15(25)24-9-5-1-2-6-10-24/h3-4,7-8,27H,1-2,5-6,9-12H2. The average molecular weight is 430 g/mol. The highest BCUT2D eigenvalue weighted by atomic mass is 32.1. The smallest absolute Gasteiger partial charge is 0.424 e. The van der Waals surface area contributed by atoms with Gasteiger partial charge in [-0.25, -0.2) is 4.98 Å². The molecular formula is C19H21F3N2O4S. The zero-order valence-corrected chi connectivity index (χ0v) is 16.4. The van der Waals surface area contributed by atoms with Gasteiger partial charge in [-0.3, -0.25) is 9.59 Å². The van der Waals surface area contributed by atoms with E-state index in [1.807, 2.05) is 0 Å². The number of carbonyl (C=O) groups is 2. The number of alkyl halides is 3. The van der Waals surface area contributed by atoms with Crippen LogP contribution in [0.2, 0.25) is 0 Å². The molecule has 1 N–H and O–H groups in total. The predicted octanol–water partition coefficient (Wildman–Crippen LogP) is 3.38. The lowest BCUT2D eigenvalue weighted by Gasteiger charge is -2.27. The molecule has 0 spiro atoms. The Morgan fingerprint density at radius 1 is 1.14 bits per heavy atom. The minimum atomic E-state index is -5.14. The van der Waals surface area contributed by atoms with Gasteiger partial charge in [-0.15, -0.1) is 11.3 Å². The van der Waals surface area contributed by atoms with Crippen molar-refractivity contribution in [1.82, 2.24) is 9.88 Å². The van der Waals surface area contributed by atoms with Crippen LogP contribution in [-0.2, 0) is 19.9 Å². The number of fused-ring (bicyclic) bond motifs is 1. The van der Waals surface area contributed by atoms with Crippen LogP contribution in [-0.4, -0.2) is 52.7 Å². The summed E-state index contributed by atoms with van der Waals surface area (Å²) in [4.78, 5) is 29.6. The summed E-state index contributed by atoms with van der Waals surface area (Å²) >= 11 is 0.658. The first-order chi connectivity index (χ1) is 13.7. The summed E-state index contributed by atoms with van der Waals surface area (Å²) in [5.74, 6) is -1.76. The topological polar surface area (TPSA) is 79.7 Å². The van der Waals surface area contributed by atoms with Crippen molar-refractivity contribution in [2.75, 3.05) is 19.7 Å². The third kappa shape index (κ3) is 4.87. The molecule has 3 rings (SSSR count). The number of hydrogen-bond donors (Lipinski definition) is 1. The Hall–Kier alpha value is -2.20. The number of benzene rings is 1. The van der Waals surface area contributed by atoms with Crippen LogP contribution in [0.5, 0.6) is 0 Å². The Bertz CT molecular complexity index is 845. The Morgan fingerprint density at radius 3 is 2.41 bits per heavy atom. The number of halogens is 3. The molecule has 1 aromatic carbocycles. The molecule has 0 radical (unpaired) electrons. The Labute approximate surface area is 169 Å². The summed E-state index contributed by atoms with van der Waals surface area (Å²) in [6.07, 6.45) is -2.83. The summed E-state index contributed by atoms with van der Waals surface area (Å²) < 4.78 is 46.2.